The zero-order valence-electron chi connectivity index (χ0n) is 10.7. The van der Waals surface area contributed by atoms with Gasteiger partial charge in [-0.3, -0.25) is 4.79 Å². The van der Waals surface area contributed by atoms with E-state index in [-0.39, 0.29) is 17.6 Å². The van der Waals surface area contributed by atoms with E-state index in [1.807, 2.05) is 6.92 Å². The number of halogens is 1. The van der Waals surface area contributed by atoms with Crippen LogP contribution in [0.5, 0.6) is 0 Å². The molecule has 18 heavy (non-hydrogen) atoms. The summed E-state index contributed by atoms with van der Waals surface area (Å²) in [7, 11) is 0. The maximum Gasteiger partial charge on any atom is 0.230 e. The van der Waals surface area contributed by atoms with E-state index in [9.17, 15) is 9.18 Å². The number of amides is 1. The van der Waals surface area contributed by atoms with E-state index in [0.717, 1.165) is 25.9 Å². The molecule has 0 aromatic heterocycles. The monoisotopic (exact) mass is 250 g/mol. The Morgan fingerprint density at radius 1 is 1.39 bits per heavy atom. The van der Waals surface area contributed by atoms with Gasteiger partial charge in [-0.1, -0.05) is 12.1 Å². The van der Waals surface area contributed by atoms with Gasteiger partial charge in [-0.2, -0.15) is 0 Å². The minimum Gasteiger partial charge on any atom is -0.317 e. The van der Waals surface area contributed by atoms with Crippen molar-refractivity contribution in [2.24, 2.45) is 5.92 Å². The number of carbonyl (C=O) groups excluding carboxylic acids is 1. The van der Waals surface area contributed by atoms with Crippen LogP contribution in [0.2, 0.25) is 0 Å². The van der Waals surface area contributed by atoms with E-state index in [4.69, 9.17) is 0 Å². The Morgan fingerprint density at radius 2 is 2.06 bits per heavy atom. The second-order valence-corrected chi connectivity index (χ2v) is 4.56. The first-order valence-electron chi connectivity index (χ1n) is 6.50. The van der Waals surface area contributed by atoms with Crippen molar-refractivity contribution in [1.29, 1.82) is 0 Å². The topological polar surface area (TPSA) is 32.3 Å². The molecule has 1 aliphatic heterocycles. The van der Waals surface area contributed by atoms with Gasteiger partial charge in [0.1, 0.15) is 5.82 Å². The van der Waals surface area contributed by atoms with Crippen molar-refractivity contribution in [3.8, 4) is 0 Å². The van der Waals surface area contributed by atoms with Gasteiger partial charge in [-0.15, -0.1) is 0 Å². The van der Waals surface area contributed by atoms with Gasteiger partial charge in [0.2, 0.25) is 5.91 Å². The zero-order chi connectivity index (χ0) is 13.0. The largest absolute Gasteiger partial charge is 0.317 e. The lowest BCUT2D eigenvalue weighted by atomic mass is 9.96. The first kappa shape index (κ1) is 13.0. The number of carbonyl (C=O) groups is 1. The minimum absolute atomic E-state index is 0.0193. The lowest BCUT2D eigenvalue weighted by molar-refractivity contribution is -0.123. The third-order valence-electron chi connectivity index (χ3n) is 3.41. The number of rotatable bonds is 3. The third kappa shape index (κ3) is 2.70. The highest BCUT2D eigenvalue weighted by molar-refractivity contribution is 5.95. The summed E-state index contributed by atoms with van der Waals surface area (Å²) < 4.78 is 13.7. The molecular formula is C14H19FN2O. The molecule has 0 spiro atoms. The molecule has 1 heterocycles. The van der Waals surface area contributed by atoms with E-state index in [2.05, 4.69) is 5.32 Å². The zero-order valence-corrected chi connectivity index (χ0v) is 10.7. The van der Waals surface area contributed by atoms with Crippen molar-refractivity contribution < 1.29 is 9.18 Å². The van der Waals surface area contributed by atoms with Crippen molar-refractivity contribution in [1.82, 2.24) is 5.32 Å². The Kier molecular flexibility index (Phi) is 4.31. The number of para-hydroxylation sites is 1. The van der Waals surface area contributed by atoms with Gasteiger partial charge in [0.15, 0.2) is 0 Å². The van der Waals surface area contributed by atoms with Crippen LogP contribution in [-0.4, -0.2) is 25.5 Å². The quantitative estimate of drug-likeness (QED) is 0.891. The SMILES string of the molecule is CCN(C(=O)C1CCNCC1)c1ccccc1F. The predicted molar refractivity (Wildman–Crippen MR) is 70.0 cm³/mol. The number of piperidine rings is 1. The molecular weight excluding hydrogens is 231 g/mol. The molecule has 0 atom stereocenters. The van der Waals surface area contributed by atoms with Crippen molar-refractivity contribution >= 4 is 11.6 Å². The number of hydrogen-bond acceptors (Lipinski definition) is 2. The molecule has 1 amide bonds. The average Bonchev–Trinajstić information content (AvgIpc) is 2.42. The normalized spacial score (nSPS) is 16.6. The molecule has 0 unspecified atom stereocenters. The number of anilines is 1. The van der Waals surface area contributed by atoms with Crippen LogP contribution in [0.25, 0.3) is 0 Å². The van der Waals surface area contributed by atoms with Gasteiger partial charge in [0.05, 0.1) is 5.69 Å². The van der Waals surface area contributed by atoms with E-state index >= 15 is 0 Å². The Bertz CT molecular complexity index is 416. The van der Waals surface area contributed by atoms with Crippen LogP contribution >= 0.6 is 0 Å². The third-order valence-corrected chi connectivity index (χ3v) is 3.41. The van der Waals surface area contributed by atoms with Gasteiger partial charge in [-0.05, 0) is 45.0 Å². The maximum atomic E-state index is 13.7. The lowest BCUT2D eigenvalue weighted by Crippen LogP contribution is -2.41. The number of hydrogen-bond donors (Lipinski definition) is 1. The van der Waals surface area contributed by atoms with Crippen LogP contribution in [-0.2, 0) is 4.79 Å². The summed E-state index contributed by atoms with van der Waals surface area (Å²) in [5.74, 6) is -0.267. The van der Waals surface area contributed by atoms with Gasteiger partial charge in [0.25, 0.3) is 0 Å². The Labute approximate surface area is 107 Å². The van der Waals surface area contributed by atoms with Crippen LogP contribution in [0.4, 0.5) is 10.1 Å². The maximum absolute atomic E-state index is 13.7. The molecule has 0 radical (unpaired) electrons. The second kappa shape index (κ2) is 5.96. The summed E-state index contributed by atoms with van der Waals surface area (Å²) in [6.07, 6.45) is 1.67. The van der Waals surface area contributed by atoms with Crippen LogP contribution in [0, 0.1) is 11.7 Å². The Morgan fingerprint density at radius 3 is 2.67 bits per heavy atom. The van der Waals surface area contributed by atoms with Gasteiger partial charge in [-0.25, -0.2) is 4.39 Å². The van der Waals surface area contributed by atoms with Crippen molar-refractivity contribution in [3.05, 3.63) is 30.1 Å². The molecule has 2 rings (SSSR count). The first-order valence-corrected chi connectivity index (χ1v) is 6.50. The fourth-order valence-electron chi connectivity index (χ4n) is 2.40. The molecule has 1 N–H and O–H groups in total. The van der Waals surface area contributed by atoms with E-state index in [1.165, 1.54) is 6.07 Å². The summed E-state index contributed by atoms with van der Waals surface area (Å²) >= 11 is 0. The summed E-state index contributed by atoms with van der Waals surface area (Å²) in [6, 6.07) is 6.46. The van der Waals surface area contributed by atoms with E-state index in [0.29, 0.717) is 12.2 Å². The highest BCUT2D eigenvalue weighted by Gasteiger charge is 2.27. The molecule has 0 saturated carbocycles. The summed E-state index contributed by atoms with van der Waals surface area (Å²) in [5, 5.41) is 3.23. The van der Waals surface area contributed by atoms with Gasteiger partial charge in [0, 0.05) is 12.5 Å². The van der Waals surface area contributed by atoms with Crippen molar-refractivity contribution in [2.75, 3.05) is 24.5 Å². The van der Waals surface area contributed by atoms with Crippen molar-refractivity contribution in [3.63, 3.8) is 0 Å². The molecule has 1 fully saturated rings. The molecule has 1 saturated heterocycles. The molecule has 1 aliphatic rings. The van der Waals surface area contributed by atoms with Gasteiger partial charge >= 0.3 is 0 Å². The fourth-order valence-corrected chi connectivity index (χ4v) is 2.40. The first-order chi connectivity index (χ1) is 8.74. The predicted octanol–water partition coefficient (Wildman–Crippen LogP) is 2.18. The highest BCUT2D eigenvalue weighted by atomic mass is 19.1. The average molecular weight is 250 g/mol. The number of nitrogens with one attached hydrogen (secondary N) is 1. The van der Waals surface area contributed by atoms with Gasteiger partial charge < -0.3 is 10.2 Å². The molecule has 4 heteroatoms. The van der Waals surface area contributed by atoms with Crippen LogP contribution in [0.1, 0.15) is 19.8 Å². The smallest absolute Gasteiger partial charge is 0.230 e. The highest BCUT2D eigenvalue weighted by Crippen LogP contribution is 2.23. The van der Waals surface area contributed by atoms with Crippen LogP contribution in [0.15, 0.2) is 24.3 Å². The standard InChI is InChI=1S/C14H19FN2O/c1-2-17(13-6-4-3-5-12(13)15)14(18)11-7-9-16-10-8-11/h3-6,11,16H,2,7-10H2,1H3. The second-order valence-electron chi connectivity index (χ2n) is 4.56. The summed E-state index contributed by atoms with van der Waals surface area (Å²) in [6.45, 7) is 4.12. The molecule has 1 aromatic rings. The molecule has 0 bridgehead atoms. The minimum atomic E-state index is -0.332. The summed E-state index contributed by atoms with van der Waals surface area (Å²) in [5.41, 5.74) is 0.392. The fraction of sp³-hybridized carbons (Fsp3) is 0.500. The van der Waals surface area contributed by atoms with E-state index < -0.39 is 0 Å². The van der Waals surface area contributed by atoms with Crippen LogP contribution in [0.3, 0.4) is 0 Å². The Balaban J connectivity index is 2.17. The number of benzene rings is 1. The van der Waals surface area contributed by atoms with Crippen molar-refractivity contribution in [2.45, 2.75) is 19.8 Å². The summed E-state index contributed by atoms with van der Waals surface area (Å²) in [4.78, 5) is 14.0. The Hall–Kier alpha value is -1.42. The molecule has 3 nitrogen and oxygen atoms in total. The van der Waals surface area contributed by atoms with E-state index in [1.54, 1.807) is 23.1 Å². The van der Waals surface area contributed by atoms with Crippen LogP contribution < -0.4 is 10.2 Å². The molecule has 1 aromatic carbocycles. The number of nitrogens with zero attached hydrogens (tertiary/aromatic N) is 1. The molecule has 98 valence electrons. The molecule has 0 aliphatic carbocycles. The lowest BCUT2D eigenvalue weighted by Gasteiger charge is -2.29.